The van der Waals surface area contributed by atoms with Gasteiger partial charge in [0.05, 0.1) is 0 Å². The van der Waals surface area contributed by atoms with Crippen LogP contribution in [0.15, 0.2) is 0 Å². The molecule has 0 atom stereocenters. The Bertz CT molecular complexity index is 8.00. The van der Waals surface area contributed by atoms with Crippen LogP contribution in [0.25, 0.3) is 0 Å². The molecule has 0 N–H and O–H groups in total. The standard InChI is InChI=1S/3CH3.Cd/h3*1H3;. The van der Waals surface area contributed by atoms with Crippen molar-refractivity contribution in [2.75, 3.05) is 0 Å². The predicted molar refractivity (Wildman–Crippen MR) is 17.6 cm³/mol. The molecule has 0 aliphatic heterocycles. The maximum atomic E-state index is 2.39. The van der Waals surface area contributed by atoms with Gasteiger partial charge < -0.3 is 0 Å². The third-order valence-electron chi connectivity index (χ3n) is 0. The molecule has 0 spiro atoms. The fourth-order valence-corrected chi connectivity index (χ4v) is 0. The molecule has 0 saturated carbocycles. The topological polar surface area (TPSA) is 0 Å². The molecule has 0 rings (SSSR count). The molecular formula is C3H9Cd. The summed E-state index contributed by atoms with van der Waals surface area (Å²) in [5.41, 5.74) is 0. The summed E-state index contributed by atoms with van der Waals surface area (Å²) in [7, 11) is 0. The minimum absolute atomic E-state index is 0.730. The monoisotopic (exact) mass is 159 g/mol. The van der Waals surface area contributed by atoms with Crippen LogP contribution in [0.3, 0.4) is 0 Å². The van der Waals surface area contributed by atoms with Gasteiger partial charge in [-0.3, -0.25) is 0 Å². The van der Waals surface area contributed by atoms with Gasteiger partial charge in [0.1, 0.15) is 0 Å². The van der Waals surface area contributed by atoms with Crippen LogP contribution in [0, 0.1) is 0 Å². The Kier molecular flexibility index (Phi) is 2.68. The van der Waals surface area contributed by atoms with Crippen LogP contribution >= 0.6 is 0 Å². The van der Waals surface area contributed by atoms with E-state index < -0.39 is 22.7 Å². The fraction of sp³-hybridized carbons (Fsp3) is 1.00. The van der Waals surface area contributed by atoms with Gasteiger partial charge in [0.25, 0.3) is 0 Å². The van der Waals surface area contributed by atoms with E-state index in [0.717, 1.165) is 0 Å². The summed E-state index contributed by atoms with van der Waals surface area (Å²) >= 11 is -0.730. The first-order chi connectivity index (χ1) is 1.73. The van der Waals surface area contributed by atoms with E-state index in [9.17, 15) is 0 Å². The van der Waals surface area contributed by atoms with Crippen molar-refractivity contribution in [2.45, 2.75) is 13.4 Å². The van der Waals surface area contributed by atoms with Crippen LogP contribution in [0.4, 0.5) is 0 Å². The summed E-state index contributed by atoms with van der Waals surface area (Å²) in [4.78, 5) is 0. The number of rotatable bonds is 0. The molecule has 0 aromatic heterocycles. The first-order valence-corrected chi connectivity index (χ1v) is 14.2. The predicted octanol–water partition coefficient (Wildman–Crippen LogP) is 1.75. The van der Waals surface area contributed by atoms with E-state index in [0.29, 0.717) is 0 Å². The summed E-state index contributed by atoms with van der Waals surface area (Å²) in [6, 6.07) is 0. The molecule has 0 aromatic carbocycles. The van der Waals surface area contributed by atoms with Crippen molar-refractivity contribution in [3.05, 3.63) is 0 Å². The molecule has 0 aliphatic carbocycles. The molecule has 0 fully saturated rings. The van der Waals surface area contributed by atoms with E-state index in [2.05, 4.69) is 13.4 Å². The van der Waals surface area contributed by atoms with Crippen molar-refractivity contribution in [1.29, 1.82) is 0 Å². The Balaban J connectivity index is 2.32. The van der Waals surface area contributed by atoms with Crippen molar-refractivity contribution in [3.8, 4) is 0 Å². The average Bonchev–Trinajstić information content (AvgIpc) is 0.811. The number of hydrogen-bond acceptors (Lipinski definition) is 0. The van der Waals surface area contributed by atoms with E-state index in [4.69, 9.17) is 0 Å². The van der Waals surface area contributed by atoms with E-state index in [1.807, 2.05) is 0 Å². The quantitative estimate of drug-likeness (QED) is 0.470. The Labute approximate surface area is 36.3 Å². The fourth-order valence-electron chi connectivity index (χ4n) is 0. The molecule has 0 nitrogen and oxygen atoms in total. The summed E-state index contributed by atoms with van der Waals surface area (Å²) < 4.78 is 7.17. The second-order valence-electron chi connectivity index (χ2n) is 2.12. The van der Waals surface area contributed by atoms with E-state index in [1.165, 1.54) is 0 Å². The third kappa shape index (κ3) is 12.7. The second-order valence-corrected chi connectivity index (χ2v) is 14.2. The molecule has 4 heavy (non-hydrogen) atoms. The SMILES string of the molecule is [CH3][Cd]([CH3])[CH3]. The summed E-state index contributed by atoms with van der Waals surface area (Å²) in [5.74, 6) is 0. The van der Waals surface area contributed by atoms with Gasteiger partial charge in [-0.1, -0.05) is 0 Å². The third-order valence-corrected chi connectivity index (χ3v) is 0. The molecule has 0 amide bonds. The first kappa shape index (κ1) is 4.92. The van der Waals surface area contributed by atoms with Gasteiger partial charge in [-0.05, 0) is 0 Å². The second kappa shape index (κ2) is 2.18. The van der Waals surface area contributed by atoms with Crippen molar-refractivity contribution in [2.24, 2.45) is 0 Å². The molecule has 0 heterocycles. The van der Waals surface area contributed by atoms with Gasteiger partial charge in [0, 0.05) is 0 Å². The van der Waals surface area contributed by atoms with Gasteiger partial charge in [-0.15, -0.1) is 0 Å². The van der Waals surface area contributed by atoms with Crippen LogP contribution in [-0.2, 0) is 22.7 Å². The van der Waals surface area contributed by atoms with E-state index in [1.54, 1.807) is 0 Å². The van der Waals surface area contributed by atoms with Gasteiger partial charge in [0.2, 0.25) is 0 Å². The summed E-state index contributed by atoms with van der Waals surface area (Å²) in [6.45, 7) is 0. The van der Waals surface area contributed by atoms with Crippen molar-refractivity contribution in [3.63, 3.8) is 0 Å². The molecule has 0 radical (unpaired) electrons. The van der Waals surface area contributed by atoms with Crippen LogP contribution < -0.4 is 0 Å². The average molecular weight is 158 g/mol. The zero-order chi connectivity index (χ0) is 3.58. The zero-order valence-electron chi connectivity index (χ0n) is 3.71. The molecular weight excluding hydrogens is 148 g/mol. The maximum absolute atomic E-state index is 2.39. The molecule has 23 valence electrons. The van der Waals surface area contributed by atoms with Crippen LogP contribution in [0.5, 0.6) is 0 Å². The molecule has 0 unspecified atom stereocenters. The molecule has 0 aliphatic rings. The van der Waals surface area contributed by atoms with Crippen LogP contribution in [0.2, 0.25) is 13.4 Å². The van der Waals surface area contributed by atoms with Gasteiger partial charge in [-0.25, -0.2) is 0 Å². The summed E-state index contributed by atoms with van der Waals surface area (Å²) in [5, 5.41) is 0. The Morgan fingerprint density at radius 2 is 1.00 bits per heavy atom. The molecule has 1 heteroatoms. The minimum atomic E-state index is -0.730. The van der Waals surface area contributed by atoms with Crippen LogP contribution in [-0.4, -0.2) is 0 Å². The molecule has 0 bridgehead atoms. The number of hydrogen-bond donors (Lipinski definition) is 0. The van der Waals surface area contributed by atoms with Crippen molar-refractivity contribution >= 4 is 0 Å². The van der Waals surface area contributed by atoms with Crippen molar-refractivity contribution in [1.82, 2.24) is 0 Å². The normalized spacial score (nSPS) is 6.75. The van der Waals surface area contributed by atoms with Gasteiger partial charge in [0.15, 0.2) is 0 Å². The van der Waals surface area contributed by atoms with Gasteiger partial charge >= 0.3 is 36.2 Å². The van der Waals surface area contributed by atoms with Crippen molar-refractivity contribution < 1.29 is 22.7 Å². The molecule has 0 saturated heterocycles. The van der Waals surface area contributed by atoms with Gasteiger partial charge in [-0.2, -0.15) is 0 Å². The summed E-state index contributed by atoms with van der Waals surface area (Å²) in [6.07, 6.45) is 0. The van der Waals surface area contributed by atoms with E-state index in [-0.39, 0.29) is 0 Å². The first-order valence-electron chi connectivity index (χ1n) is 2.12. The van der Waals surface area contributed by atoms with E-state index >= 15 is 0 Å². The Morgan fingerprint density at radius 3 is 1.00 bits per heavy atom. The Morgan fingerprint density at radius 1 is 1.00 bits per heavy atom. The molecule has 0 aromatic rings. The zero-order valence-corrected chi connectivity index (χ0v) is 7.74. The van der Waals surface area contributed by atoms with Crippen LogP contribution in [0.1, 0.15) is 0 Å². The Hall–Kier alpha value is 0.922.